The lowest BCUT2D eigenvalue weighted by Gasteiger charge is -2.42. The lowest BCUT2D eigenvalue weighted by atomic mass is 9.61. The molecule has 1 N–H and O–H groups in total. The number of halogens is 4. The third-order valence-electron chi connectivity index (χ3n) is 6.58. The molecule has 0 fully saturated rings. The average molecular weight is 634 g/mol. The first-order valence-electron chi connectivity index (χ1n) is 12.3. The number of rotatable bonds is 8. The highest BCUT2D eigenvalue weighted by molar-refractivity contribution is 5.64. The van der Waals surface area contributed by atoms with Crippen molar-refractivity contribution in [2.24, 2.45) is 5.41 Å². The molecule has 0 aliphatic carbocycles. The van der Waals surface area contributed by atoms with E-state index in [4.69, 9.17) is 9.47 Å². The van der Waals surface area contributed by atoms with E-state index in [1.807, 2.05) is 0 Å². The summed E-state index contributed by atoms with van der Waals surface area (Å²) >= 11 is 0. The van der Waals surface area contributed by atoms with Gasteiger partial charge in [-0.1, -0.05) is 72.3 Å². The van der Waals surface area contributed by atoms with Gasteiger partial charge in [0.15, 0.2) is 0 Å². The van der Waals surface area contributed by atoms with Crippen LogP contribution >= 0.6 is 0 Å². The van der Waals surface area contributed by atoms with Crippen LogP contribution in [0.3, 0.4) is 0 Å². The average Bonchev–Trinajstić information content (AvgIpc) is 2.69. The molecule has 9 heteroatoms. The lowest BCUT2D eigenvalue weighted by molar-refractivity contribution is 0.0205. The van der Waals surface area contributed by atoms with Crippen molar-refractivity contribution >= 4 is 6.16 Å². The van der Waals surface area contributed by atoms with E-state index in [-0.39, 0.29) is 63.0 Å². The van der Waals surface area contributed by atoms with Crippen LogP contribution in [0.15, 0.2) is 24.3 Å². The Labute approximate surface area is 265 Å². The van der Waals surface area contributed by atoms with Crippen molar-refractivity contribution in [3.05, 3.63) is 58.7 Å². The number of benzene rings is 2. The molecule has 2 aromatic rings. The molecule has 0 amide bonds. The van der Waals surface area contributed by atoms with Crippen molar-refractivity contribution in [2.75, 3.05) is 0 Å². The van der Waals surface area contributed by atoms with Gasteiger partial charge in [-0.3, -0.25) is 0 Å². The lowest BCUT2D eigenvalue weighted by Crippen LogP contribution is -2.38. The molecule has 0 aliphatic rings. The van der Waals surface area contributed by atoms with E-state index in [2.05, 4.69) is 6.07 Å². The maximum atomic E-state index is 15.6. The van der Waals surface area contributed by atoms with Crippen molar-refractivity contribution in [2.45, 2.75) is 136 Å². The molecule has 0 saturated heterocycles. The smallest absolute Gasteiger partial charge is 0.508 e. The minimum absolute atomic E-state index is 0. The molecule has 0 saturated carbocycles. The summed E-state index contributed by atoms with van der Waals surface area (Å²) in [5.74, 6) is -5.13. The highest BCUT2D eigenvalue weighted by atomic mass is 19.1. The van der Waals surface area contributed by atoms with Gasteiger partial charge in [0, 0.05) is 40.8 Å². The van der Waals surface area contributed by atoms with E-state index >= 15 is 8.78 Å². The number of nitrogens with zero attached hydrogens (tertiary/aromatic N) is 1. The summed E-state index contributed by atoms with van der Waals surface area (Å²) in [7, 11) is 0. The number of hydrogen-bond acceptors (Lipinski definition) is 5. The second-order valence-electron chi connectivity index (χ2n) is 11.9. The van der Waals surface area contributed by atoms with Crippen molar-refractivity contribution in [1.82, 2.24) is 0 Å². The molecule has 2 atom stereocenters. The van der Waals surface area contributed by atoms with E-state index in [1.165, 1.54) is 20.8 Å². The first-order chi connectivity index (χ1) is 17.3. The summed E-state index contributed by atoms with van der Waals surface area (Å²) in [4.78, 5) is 12.0. The number of carbonyl (C=O) groups excluding carboxylic acids is 1. The van der Waals surface area contributed by atoms with Crippen LogP contribution in [0.4, 0.5) is 22.4 Å². The van der Waals surface area contributed by atoms with Crippen LogP contribution in [0.5, 0.6) is 11.5 Å². The Morgan fingerprint density at radius 2 is 1.18 bits per heavy atom. The van der Waals surface area contributed by atoms with Gasteiger partial charge in [0.2, 0.25) is 0 Å². The number of carbonyl (C=O) groups is 1. The molecule has 256 valence electrons. The Morgan fingerprint density at radius 3 is 1.55 bits per heavy atom. The van der Waals surface area contributed by atoms with Gasteiger partial charge in [0.25, 0.3) is 0 Å². The molecule has 0 heterocycles. The third-order valence-corrected chi connectivity index (χ3v) is 6.58. The number of aromatic hydroxyl groups is 1. The standard InChI is InChI=1S/C29H35F4NO4.6CH4/c1-9-28(7,16-34)15-29(8,14-27(5,6)23-19(30)10-17(35)11-20(23)31)24-21(32)12-18(13-22(24)33)37-25(36)38-26(2,3)4;;;;;;/h10-13,35H,9,14-15H2,1-8H3;6*1H4. The van der Waals surface area contributed by atoms with E-state index in [0.717, 1.165) is 24.3 Å². The number of phenols is 1. The van der Waals surface area contributed by atoms with Crippen molar-refractivity contribution in [3.63, 3.8) is 0 Å². The van der Waals surface area contributed by atoms with Crippen molar-refractivity contribution in [1.29, 1.82) is 5.26 Å². The Morgan fingerprint density at radius 1 is 0.773 bits per heavy atom. The zero-order chi connectivity index (χ0) is 29.3. The fraction of sp³-hybridized carbons (Fsp3) is 0.600. The Bertz CT molecular complexity index is 1200. The zero-order valence-electron chi connectivity index (χ0n) is 23.1. The fourth-order valence-electron chi connectivity index (χ4n) is 5.17. The quantitative estimate of drug-likeness (QED) is 0.178. The fourth-order valence-corrected chi connectivity index (χ4v) is 5.17. The van der Waals surface area contributed by atoms with Gasteiger partial charge < -0.3 is 14.6 Å². The van der Waals surface area contributed by atoms with E-state index in [9.17, 15) is 23.9 Å². The molecular weight excluding hydrogens is 574 g/mol. The van der Waals surface area contributed by atoms with Gasteiger partial charge in [0.1, 0.15) is 40.4 Å². The van der Waals surface area contributed by atoms with E-state index in [1.54, 1.807) is 34.6 Å². The third kappa shape index (κ3) is 12.0. The Balaban J connectivity index is -0.000000845. The van der Waals surface area contributed by atoms with E-state index in [0.29, 0.717) is 6.42 Å². The monoisotopic (exact) mass is 633 g/mol. The van der Waals surface area contributed by atoms with Gasteiger partial charge in [0.05, 0.1) is 11.5 Å². The van der Waals surface area contributed by atoms with Crippen LogP contribution in [-0.4, -0.2) is 16.9 Å². The molecule has 0 radical (unpaired) electrons. The van der Waals surface area contributed by atoms with Crippen LogP contribution in [0, 0.1) is 40.0 Å². The molecule has 0 spiro atoms. The van der Waals surface area contributed by atoms with Crippen LogP contribution < -0.4 is 4.74 Å². The molecule has 2 unspecified atom stereocenters. The number of phenolic OH excluding ortho intramolecular Hbond substituents is 1. The summed E-state index contributed by atoms with van der Waals surface area (Å²) in [5, 5.41) is 19.4. The summed E-state index contributed by atoms with van der Waals surface area (Å²) in [6.07, 6.45) is -1.01. The molecule has 0 bridgehead atoms. The maximum Gasteiger partial charge on any atom is 0.514 e. The number of ether oxygens (including phenoxy) is 2. The molecule has 2 rings (SSSR count). The number of nitriles is 1. The molecule has 2 aromatic carbocycles. The van der Waals surface area contributed by atoms with Crippen LogP contribution in [-0.2, 0) is 15.6 Å². The Hall–Kier alpha value is -3.28. The van der Waals surface area contributed by atoms with Crippen LogP contribution in [0.25, 0.3) is 0 Å². The predicted octanol–water partition coefficient (Wildman–Crippen LogP) is 12.0. The second kappa shape index (κ2) is 17.9. The summed E-state index contributed by atoms with van der Waals surface area (Å²) < 4.78 is 70.9. The Kier molecular flexibility index (Phi) is 20.5. The molecule has 5 nitrogen and oxygen atoms in total. The SMILES string of the molecule is C.C.C.C.C.C.CCC(C)(C#N)CC(C)(CC(C)(C)c1c(F)cc(O)cc1F)c1c(F)cc(OC(=O)OC(C)(C)C)cc1F. The van der Waals surface area contributed by atoms with Crippen LogP contribution in [0.2, 0.25) is 0 Å². The van der Waals surface area contributed by atoms with Gasteiger partial charge in [-0.25, -0.2) is 22.4 Å². The second-order valence-corrected chi connectivity index (χ2v) is 11.9. The normalized spacial score (nSPS) is 13.2. The minimum atomic E-state index is -1.45. The minimum Gasteiger partial charge on any atom is -0.508 e. The van der Waals surface area contributed by atoms with Gasteiger partial charge in [-0.05, 0) is 52.4 Å². The summed E-state index contributed by atoms with van der Waals surface area (Å²) in [5.41, 5.74) is -5.45. The topological polar surface area (TPSA) is 79.5 Å². The predicted molar refractivity (Wildman–Crippen MR) is 175 cm³/mol. The van der Waals surface area contributed by atoms with Gasteiger partial charge >= 0.3 is 6.16 Å². The largest absolute Gasteiger partial charge is 0.514 e. The van der Waals surface area contributed by atoms with Gasteiger partial charge in [-0.15, -0.1) is 0 Å². The highest BCUT2D eigenvalue weighted by Crippen LogP contribution is 2.49. The molecule has 0 aromatic heterocycles. The summed E-state index contributed by atoms with van der Waals surface area (Å²) in [6, 6.07) is 5.41. The summed E-state index contributed by atoms with van der Waals surface area (Å²) in [6.45, 7) is 12.8. The van der Waals surface area contributed by atoms with Crippen molar-refractivity contribution in [3.8, 4) is 17.6 Å². The van der Waals surface area contributed by atoms with Crippen molar-refractivity contribution < 1.29 is 36.9 Å². The molecule has 0 aliphatic heterocycles. The molecule has 44 heavy (non-hydrogen) atoms. The first kappa shape index (κ1) is 50.4. The molecular formula is C35H59F4NO4. The number of hydrogen-bond donors (Lipinski definition) is 1. The maximum absolute atomic E-state index is 15.6. The van der Waals surface area contributed by atoms with E-state index < -0.39 is 68.3 Å². The van der Waals surface area contributed by atoms with Gasteiger partial charge in [-0.2, -0.15) is 5.26 Å². The van der Waals surface area contributed by atoms with Crippen LogP contribution in [0.1, 0.15) is 130 Å². The highest BCUT2D eigenvalue weighted by Gasteiger charge is 2.45. The first-order valence-corrected chi connectivity index (χ1v) is 12.3. The zero-order valence-corrected chi connectivity index (χ0v) is 23.1.